The molecule has 2 aromatic carbocycles. The Bertz CT molecular complexity index is 1080. The van der Waals surface area contributed by atoms with Crippen LogP contribution in [0.1, 0.15) is 27.1 Å². The highest BCUT2D eigenvalue weighted by molar-refractivity contribution is 5.96. The van der Waals surface area contributed by atoms with Gasteiger partial charge in [-0.25, -0.2) is 14.4 Å². The zero-order valence-corrected chi connectivity index (χ0v) is 17.7. The smallest absolute Gasteiger partial charge is 0.338 e. The highest BCUT2D eigenvalue weighted by atomic mass is 19.3. The van der Waals surface area contributed by atoms with E-state index in [9.17, 15) is 19.2 Å². The van der Waals surface area contributed by atoms with Gasteiger partial charge >= 0.3 is 23.9 Å². The highest BCUT2D eigenvalue weighted by Gasteiger charge is 2.64. The molecule has 2 fully saturated rings. The first kappa shape index (κ1) is 23.3. The number of rotatable bonds is 6. The fourth-order valence-electron chi connectivity index (χ4n) is 3.65. The lowest BCUT2D eigenvalue weighted by molar-refractivity contribution is -0.159. The van der Waals surface area contributed by atoms with E-state index in [1.165, 1.54) is 36.4 Å². The molecule has 2 aliphatic heterocycles. The van der Waals surface area contributed by atoms with Crippen LogP contribution in [0, 0.1) is 0 Å². The molecule has 11 heteroatoms. The van der Waals surface area contributed by atoms with Crippen LogP contribution < -0.4 is 5.32 Å². The van der Waals surface area contributed by atoms with Crippen LogP contribution in [0.4, 0.5) is 13.6 Å². The first-order chi connectivity index (χ1) is 16.3. The van der Waals surface area contributed by atoms with Crippen molar-refractivity contribution in [2.45, 2.75) is 30.8 Å². The fourth-order valence-corrected chi connectivity index (χ4v) is 3.65. The van der Waals surface area contributed by atoms with Gasteiger partial charge in [0.25, 0.3) is 0 Å². The Morgan fingerprint density at radius 2 is 1.59 bits per heavy atom. The van der Waals surface area contributed by atoms with Gasteiger partial charge in [-0.3, -0.25) is 15.0 Å². The minimum absolute atomic E-state index is 0.0306. The van der Waals surface area contributed by atoms with E-state index in [2.05, 4.69) is 0 Å². The number of benzene rings is 2. The van der Waals surface area contributed by atoms with Gasteiger partial charge in [0.1, 0.15) is 12.7 Å². The average molecular weight is 474 g/mol. The third-order valence-corrected chi connectivity index (χ3v) is 5.35. The molecular weight excluding hydrogens is 454 g/mol. The van der Waals surface area contributed by atoms with Crippen molar-refractivity contribution in [1.82, 2.24) is 10.2 Å². The number of nitrogens with zero attached hydrogens (tertiary/aromatic N) is 1. The molecule has 0 radical (unpaired) electrons. The van der Waals surface area contributed by atoms with Crippen molar-refractivity contribution in [2.24, 2.45) is 0 Å². The number of esters is 2. The number of urea groups is 1. The summed E-state index contributed by atoms with van der Waals surface area (Å²) in [4.78, 5) is 49.1. The Balaban J connectivity index is 1.55. The normalized spacial score (nSPS) is 23.8. The van der Waals surface area contributed by atoms with Crippen LogP contribution in [0.3, 0.4) is 0 Å². The van der Waals surface area contributed by atoms with Gasteiger partial charge in [0.05, 0.1) is 11.1 Å². The number of halogens is 2. The molecule has 34 heavy (non-hydrogen) atoms. The maximum absolute atomic E-state index is 15.5. The molecule has 0 aromatic heterocycles. The molecular formula is C23H20F2N2O7. The summed E-state index contributed by atoms with van der Waals surface area (Å²) in [5.74, 6) is -6.30. The molecule has 1 N–H and O–H groups in total. The molecule has 2 saturated heterocycles. The molecule has 0 spiro atoms. The van der Waals surface area contributed by atoms with Crippen LogP contribution in [0.2, 0.25) is 0 Å². The van der Waals surface area contributed by atoms with Gasteiger partial charge < -0.3 is 14.2 Å². The van der Waals surface area contributed by atoms with E-state index >= 15 is 8.78 Å². The van der Waals surface area contributed by atoms with Gasteiger partial charge in [-0.2, -0.15) is 8.78 Å². The van der Waals surface area contributed by atoms with Crippen molar-refractivity contribution in [3.8, 4) is 0 Å². The summed E-state index contributed by atoms with van der Waals surface area (Å²) >= 11 is 0. The van der Waals surface area contributed by atoms with E-state index in [-0.39, 0.29) is 24.1 Å². The molecule has 178 valence electrons. The van der Waals surface area contributed by atoms with Gasteiger partial charge in [-0.05, 0) is 24.3 Å². The molecule has 0 bridgehead atoms. The number of hydrogen-bond acceptors (Lipinski definition) is 7. The first-order valence-corrected chi connectivity index (χ1v) is 10.4. The number of hydrogen-bond donors (Lipinski definition) is 1. The average Bonchev–Trinajstić information content (AvgIpc) is 3.08. The van der Waals surface area contributed by atoms with E-state index in [1.54, 1.807) is 24.3 Å². The second-order valence-electron chi connectivity index (χ2n) is 7.65. The predicted octanol–water partition coefficient (Wildman–Crippen LogP) is 2.37. The quantitative estimate of drug-likeness (QED) is 0.640. The zero-order valence-electron chi connectivity index (χ0n) is 17.7. The number of nitrogens with one attached hydrogen (secondary N) is 1. The molecule has 2 aromatic rings. The van der Waals surface area contributed by atoms with Crippen molar-refractivity contribution in [2.75, 3.05) is 13.2 Å². The van der Waals surface area contributed by atoms with Crippen molar-refractivity contribution in [3.05, 3.63) is 71.8 Å². The van der Waals surface area contributed by atoms with Crippen LogP contribution in [-0.4, -0.2) is 66.3 Å². The minimum Gasteiger partial charge on any atom is -0.459 e. The molecule has 3 amide bonds. The molecule has 0 saturated carbocycles. The van der Waals surface area contributed by atoms with Gasteiger partial charge in [-0.15, -0.1) is 0 Å². The number of carbonyl (C=O) groups is 4. The van der Waals surface area contributed by atoms with E-state index in [4.69, 9.17) is 14.2 Å². The highest BCUT2D eigenvalue weighted by Crippen LogP contribution is 2.41. The second kappa shape index (κ2) is 9.56. The van der Waals surface area contributed by atoms with Gasteiger partial charge in [0.2, 0.25) is 12.1 Å². The van der Waals surface area contributed by atoms with E-state index in [0.29, 0.717) is 4.90 Å². The summed E-state index contributed by atoms with van der Waals surface area (Å²) in [5, 5.41) is 1.95. The Kier molecular flexibility index (Phi) is 6.55. The van der Waals surface area contributed by atoms with Crippen LogP contribution in [-0.2, 0) is 19.0 Å². The number of amides is 3. The largest absolute Gasteiger partial charge is 0.459 e. The SMILES string of the molecule is O=C1CCN(C2OC(COC(=O)c3ccccc3)[C@@H](OC(=O)c3ccccc3)C2(F)F)C(=O)N1. The Labute approximate surface area is 192 Å². The molecule has 3 atom stereocenters. The summed E-state index contributed by atoms with van der Waals surface area (Å²) in [6.07, 6.45) is -6.09. The lowest BCUT2D eigenvalue weighted by Gasteiger charge is -2.34. The van der Waals surface area contributed by atoms with Crippen LogP contribution in [0.5, 0.6) is 0 Å². The standard InChI is InChI=1S/C23H20F2N2O7/c24-23(25)18(34-20(30)15-9-5-2-6-10-15)16(13-32-19(29)14-7-3-1-4-8-14)33-21(23)27-12-11-17(28)26-22(27)31/h1-10,16,18,21H,11-13H2,(H,26,28,31)/t16?,18-,21?/m1/s1. The van der Waals surface area contributed by atoms with Crippen molar-refractivity contribution in [1.29, 1.82) is 0 Å². The molecule has 9 nitrogen and oxygen atoms in total. The lowest BCUT2D eigenvalue weighted by Crippen LogP contribution is -2.59. The zero-order chi connectivity index (χ0) is 24.3. The van der Waals surface area contributed by atoms with E-state index in [0.717, 1.165) is 0 Å². The third-order valence-electron chi connectivity index (χ3n) is 5.35. The first-order valence-electron chi connectivity index (χ1n) is 10.4. The molecule has 0 aliphatic carbocycles. The van der Waals surface area contributed by atoms with Gasteiger partial charge in [0.15, 0.2) is 6.10 Å². The lowest BCUT2D eigenvalue weighted by atomic mass is 10.1. The van der Waals surface area contributed by atoms with Gasteiger partial charge in [0, 0.05) is 13.0 Å². The number of imide groups is 1. The monoisotopic (exact) mass is 474 g/mol. The second-order valence-corrected chi connectivity index (χ2v) is 7.65. The Morgan fingerprint density at radius 1 is 1.00 bits per heavy atom. The molecule has 2 heterocycles. The summed E-state index contributed by atoms with van der Waals surface area (Å²) < 4.78 is 46.6. The summed E-state index contributed by atoms with van der Waals surface area (Å²) in [6, 6.07) is 14.3. The topological polar surface area (TPSA) is 111 Å². The fraction of sp³-hybridized carbons (Fsp3) is 0.304. The number of alkyl halides is 2. The molecule has 2 aliphatic rings. The summed E-state index contributed by atoms with van der Waals surface area (Å²) in [6.45, 7) is -0.984. The van der Waals surface area contributed by atoms with Gasteiger partial charge in [-0.1, -0.05) is 36.4 Å². The number of ether oxygens (including phenoxy) is 3. The van der Waals surface area contributed by atoms with Crippen LogP contribution in [0.25, 0.3) is 0 Å². The third kappa shape index (κ3) is 4.74. The van der Waals surface area contributed by atoms with Crippen molar-refractivity contribution < 1.29 is 42.2 Å². The molecule has 4 rings (SSSR count). The van der Waals surface area contributed by atoms with Crippen LogP contribution >= 0.6 is 0 Å². The minimum atomic E-state index is -3.87. The Hall–Kier alpha value is -3.86. The predicted molar refractivity (Wildman–Crippen MR) is 111 cm³/mol. The van der Waals surface area contributed by atoms with Crippen molar-refractivity contribution >= 4 is 23.9 Å². The summed E-state index contributed by atoms with van der Waals surface area (Å²) in [7, 11) is 0. The van der Waals surface area contributed by atoms with E-state index < -0.39 is 54.8 Å². The maximum Gasteiger partial charge on any atom is 0.338 e. The van der Waals surface area contributed by atoms with Crippen LogP contribution in [0.15, 0.2) is 60.7 Å². The number of carbonyl (C=O) groups excluding carboxylic acids is 4. The molecule has 2 unspecified atom stereocenters. The van der Waals surface area contributed by atoms with Crippen molar-refractivity contribution in [3.63, 3.8) is 0 Å². The maximum atomic E-state index is 15.5. The Morgan fingerprint density at radius 3 is 2.18 bits per heavy atom. The summed E-state index contributed by atoms with van der Waals surface area (Å²) in [5.41, 5.74) is 0.221. The van der Waals surface area contributed by atoms with E-state index in [1.807, 2.05) is 5.32 Å².